The Morgan fingerprint density at radius 2 is 0.875 bits per heavy atom. The van der Waals surface area contributed by atoms with Crippen LogP contribution in [0.4, 0.5) is 0 Å². The van der Waals surface area contributed by atoms with Gasteiger partial charge in [-0.3, -0.25) is 0 Å². The zero-order valence-corrected chi connectivity index (χ0v) is 21.7. The van der Waals surface area contributed by atoms with Crippen LogP contribution in [0, 0.1) is 0 Å². The highest BCUT2D eigenvalue weighted by atomic mass is 16.3. The molecule has 40 heavy (non-hydrogen) atoms. The van der Waals surface area contributed by atoms with Gasteiger partial charge in [-0.05, 0) is 52.6 Å². The lowest BCUT2D eigenvalue weighted by atomic mass is 9.92. The van der Waals surface area contributed by atoms with Gasteiger partial charge in [0.1, 0.15) is 22.7 Å². The highest BCUT2D eigenvalue weighted by Gasteiger charge is 2.20. The van der Waals surface area contributed by atoms with Crippen molar-refractivity contribution < 1.29 is 8.83 Å². The van der Waals surface area contributed by atoms with E-state index in [4.69, 9.17) is 8.83 Å². The molecule has 0 N–H and O–H groups in total. The van der Waals surface area contributed by atoms with Crippen molar-refractivity contribution in [3.05, 3.63) is 146 Å². The average Bonchev–Trinajstić information content (AvgIpc) is 3.60. The predicted molar refractivity (Wildman–Crippen MR) is 165 cm³/mol. The van der Waals surface area contributed by atoms with Gasteiger partial charge >= 0.3 is 0 Å². The van der Waals surface area contributed by atoms with Crippen LogP contribution in [0.3, 0.4) is 0 Å². The van der Waals surface area contributed by atoms with Crippen LogP contribution in [0.25, 0.3) is 77.6 Å². The molecule has 0 amide bonds. The van der Waals surface area contributed by atoms with Crippen LogP contribution in [0.2, 0.25) is 0 Å². The van der Waals surface area contributed by atoms with Crippen LogP contribution in [-0.4, -0.2) is 0 Å². The second-order valence-corrected chi connectivity index (χ2v) is 10.1. The van der Waals surface area contributed by atoms with Gasteiger partial charge in [-0.2, -0.15) is 0 Å². The van der Waals surface area contributed by atoms with E-state index in [0.717, 1.165) is 77.6 Å². The maximum atomic E-state index is 6.73. The number of para-hydroxylation sites is 1. The third-order valence-electron chi connectivity index (χ3n) is 7.72. The Kier molecular flexibility index (Phi) is 5.17. The molecule has 8 aromatic rings. The van der Waals surface area contributed by atoms with Crippen molar-refractivity contribution in [2.24, 2.45) is 0 Å². The van der Waals surface area contributed by atoms with Gasteiger partial charge < -0.3 is 8.83 Å². The van der Waals surface area contributed by atoms with E-state index >= 15 is 0 Å². The molecule has 0 aliphatic heterocycles. The van der Waals surface area contributed by atoms with E-state index in [-0.39, 0.29) is 0 Å². The summed E-state index contributed by atoms with van der Waals surface area (Å²) in [6, 6.07) is 50.7. The third kappa shape index (κ3) is 3.65. The Labute approximate surface area is 231 Å². The molecule has 0 saturated carbocycles. The summed E-state index contributed by atoms with van der Waals surface area (Å²) < 4.78 is 12.8. The number of benzene rings is 6. The quantitative estimate of drug-likeness (QED) is 0.234. The highest BCUT2D eigenvalue weighted by molar-refractivity contribution is 6.07. The number of furan rings is 2. The Bertz CT molecular complexity index is 2150. The average molecular weight is 513 g/mol. The van der Waals surface area contributed by atoms with E-state index in [2.05, 4.69) is 127 Å². The van der Waals surface area contributed by atoms with Crippen LogP contribution >= 0.6 is 0 Å². The summed E-state index contributed by atoms with van der Waals surface area (Å²) in [5, 5.41) is 4.49. The molecule has 0 aliphatic rings. The fourth-order valence-corrected chi connectivity index (χ4v) is 5.78. The molecule has 0 bridgehead atoms. The van der Waals surface area contributed by atoms with E-state index in [9.17, 15) is 0 Å². The first-order valence-electron chi connectivity index (χ1n) is 13.5. The van der Waals surface area contributed by atoms with Crippen LogP contribution in [0.5, 0.6) is 0 Å². The van der Waals surface area contributed by atoms with Crippen LogP contribution < -0.4 is 0 Å². The van der Waals surface area contributed by atoms with Crippen molar-refractivity contribution >= 4 is 32.7 Å². The molecule has 0 atom stereocenters. The van der Waals surface area contributed by atoms with Crippen LogP contribution in [0.1, 0.15) is 0 Å². The molecule has 188 valence electrons. The summed E-state index contributed by atoms with van der Waals surface area (Å²) in [6.07, 6.45) is 0. The fourth-order valence-electron chi connectivity index (χ4n) is 5.78. The topological polar surface area (TPSA) is 26.3 Å². The minimum absolute atomic E-state index is 0.885. The first kappa shape index (κ1) is 22.6. The van der Waals surface area contributed by atoms with E-state index in [1.165, 1.54) is 0 Å². The van der Waals surface area contributed by atoms with E-state index in [1.54, 1.807) is 0 Å². The van der Waals surface area contributed by atoms with Crippen LogP contribution in [-0.2, 0) is 0 Å². The first-order chi connectivity index (χ1) is 19.8. The molecule has 0 fully saturated rings. The van der Waals surface area contributed by atoms with Crippen LogP contribution in [0.15, 0.2) is 154 Å². The summed E-state index contributed by atoms with van der Waals surface area (Å²) in [4.78, 5) is 0. The Hall–Kier alpha value is -5.34. The Morgan fingerprint density at radius 3 is 1.65 bits per heavy atom. The van der Waals surface area contributed by atoms with Gasteiger partial charge in [-0.25, -0.2) is 0 Å². The lowest BCUT2D eigenvalue weighted by Gasteiger charge is -2.12. The molecule has 2 heteroatoms. The second-order valence-electron chi connectivity index (χ2n) is 10.1. The molecular weight excluding hydrogens is 488 g/mol. The van der Waals surface area contributed by atoms with Gasteiger partial charge in [0.05, 0.1) is 0 Å². The summed E-state index contributed by atoms with van der Waals surface area (Å²) in [5.41, 5.74) is 8.54. The van der Waals surface area contributed by atoms with Gasteiger partial charge in [0.25, 0.3) is 0 Å². The molecule has 2 nitrogen and oxygen atoms in total. The molecule has 2 aromatic heterocycles. The molecule has 0 radical (unpaired) electrons. The van der Waals surface area contributed by atoms with Crippen molar-refractivity contribution in [3.8, 4) is 44.9 Å². The SMILES string of the molecule is c1ccc(-c2cc(-c3ccc4oc5ccccc5c4c3)ccc2-c2oc(-c3ccccc3)c3ccccc23)cc1. The molecule has 8 rings (SSSR count). The first-order valence-corrected chi connectivity index (χ1v) is 13.5. The summed E-state index contributed by atoms with van der Waals surface area (Å²) in [7, 11) is 0. The lowest BCUT2D eigenvalue weighted by molar-refractivity contribution is 0.602. The van der Waals surface area contributed by atoms with E-state index in [0.29, 0.717) is 0 Å². The summed E-state index contributed by atoms with van der Waals surface area (Å²) in [5.74, 6) is 1.78. The molecule has 0 aliphatic carbocycles. The number of fused-ring (bicyclic) bond motifs is 4. The highest BCUT2D eigenvalue weighted by Crippen LogP contribution is 2.44. The maximum absolute atomic E-state index is 6.73. The van der Waals surface area contributed by atoms with Gasteiger partial charge in [-0.15, -0.1) is 0 Å². The smallest absolute Gasteiger partial charge is 0.143 e. The normalized spacial score (nSPS) is 11.5. The third-order valence-corrected chi connectivity index (χ3v) is 7.72. The number of hydrogen-bond donors (Lipinski definition) is 0. The largest absolute Gasteiger partial charge is 0.456 e. The Morgan fingerprint density at radius 1 is 0.300 bits per heavy atom. The minimum atomic E-state index is 0.885. The van der Waals surface area contributed by atoms with Gasteiger partial charge in [-0.1, -0.05) is 115 Å². The second kappa shape index (κ2) is 9.14. The van der Waals surface area contributed by atoms with E-state index in [1.807, 2.05) is 18.2 Å². The minimum Gasteiger partial charge on any atom is -0.456 e. The van der Waals surface area contributed by atoms with Crippen molar-refractivity contribution in [3.63, 3.8) is 0 Å². The predicted octanol–water partition coefficient (Wildman–Crippen LogP) is 11.0. The van der Waals surface area contributed by atoms with Gasteiger partial charge in [0.2, 0.25) is 0 Å². The fraction of sp³-hybridized carbons (Fsp3) is 0. The zero-order chi connectivity index (χ0) is 26.5. The summed E-state index contributed by atoms with van der Waals surface area (Å²) >= 11 is 0. The Balaban J connectivity index is 1.35. The molecular formula is C38H24O2. The van der Waals surface area contributed by atoms with Crippen molar-refractivity contribution in [2.75, 3.05) is 0 Å². The van der Waals surface area contributed by atoms with Crippen molar-refractivity contribution in [1.82, 2.24) is 0 Å². The maximum Gasteiger partial charge on any atom is 0.143 e. The van der Waals surface area contributed by atoms with Crippen molar-refractivity contribution in [2.45, 2.75) is 0 Å². The molecule has 0 unspecified atom stereocenters. The van der Waals surface area contributed by atoms with E-state index < -0.39 is 0 Å². The number of rotatable bonds is 4. The molecule has 2 heterocycles. The zero-order valence-electron chi connectivity index (χ0n) is 21.7. The molecule has 0 spiro atoms. The summed E-state index contributed by atoms with van der Waals surface area (Å²) in [6.45, 7) is 0. The van der Waals surface area contributed by atoms with Crippen molar-refractivity contribution in [1.29, 1.82) is 0 Å². The molecule has 6 aromatic carbocycles. The monoisotopic (exact) mass is 512 g/mol. The lowest BCUT2D eigenvalue weighted by Crippen LogP contribution is -1.87. The number of hydrogen-bond acceptors (Lipinski definition) is 2. The molecule has 0 saturated heterocycles. The van der Waals surface area contributed by atoms with Gasteiger partial charge in [0.15, 0.2) is 0 Å². The van der Waals surface area contributed by atoms with Gasteiger partial charge in [0, 0.05) is 32.7 Å². The standard InChI is InChI=1S/C38H24O2/c1-3-11-25(12-4-1)33-23-27(28-20-22-36-34(24-28)29-15-9-10-18-35(29)39-36)19-21-32(33)38-31-17-8-7-16-30(31)37(40-38)26-13-5-2-6-14-26/h1-24H.